The molecule has 1 aromatic heterocycles. The van der Waals surface area contributed by atoms with Gasteiger partial charge in [0.05, 0.1) is 12.1 Å². The number of nitrogens with zero attached hydrogens (tertiary/aromatic N) is 1. The zero-order chi connectivity index (χ0) is 16.2. The van der Waals surface area contributed by atoms with Crippen LogP contribution in [0.2, 0.25) is 0 Å². The molecular weight excluding hydrogens is 308 g/mol. The molecule has 1 aliphatic carbocycles. The molecule has 1 aliphatic rings. The van der Waals surface area contributed by atoms with Crippen molar-refractivity contribution in [2.75, 3.05) is 0 Å². The summed E-state index contributed by atoms with van der Waals surface area (Å²) in [5.74, 6) is 1.57. The summed E-state index contributed by atoms with van der Waals surface area (Å²) in [7, 11) is 0. The van der Waals surface area contributed by atoms with Crippen molar-refractivity contribution in [3.63, 3.8) is 0 Å². The van der Waals surface area contributed by atoms with Crippen molar-refractivity contribution in [1.82, 2.24) is 10.3 Å². The largest absolute Gasteiger partial charge is 0.486 e. The summed E-state index contributed by atoms with van der Waals surface area (Å²) >= 11 is 1.54. The molecule has 1 atom stereocenters. The molecule has 0 spiro atoms. The monoisotopic (exact) mass is 330 g/mol. The Balaban J connectivity index is 1.47. The molecule has 1 fully saturated rings. The summed E-state index contributed by atoms with van der Waals surface area (Å²) in [6, 6.07) is 8.24. The van der Waals surface area contributed by atoms with Gasteiger partial charge in [-0.25, -0.2) is 4.98 Å². The van der Waals surface area contributed by atoms with Gasteiger partial charge in [0.2, 0.25) is 5.91 Å². The lowest BCUT2D eigenvalue weighted by molar-refractivity contribution is -0.121. The maximum absolute atomic E-state index is 12.0. The maximum Gasteiger partial charge on any atom is 0.226 e. The molecule has 1 amide bonds. The fourth-order valence-corrected chi connectivity index (χ4v) is 3.16. The third-order valence-corrected chi connectivity index (χ3v) is 4.91. The molecule has 3 rings (SSSR count). The van der Waals surface area contributed by atoms with Crippen molar-refractivity contribution < 1.29 is 9.53 Å². The third-order valence-electron chi connectivity index (χ3n) is 4.04. The second kappa shape index (κ2) is 7.13. The van der Waals surface area contributed by atoms with Crippen LogP contribution >= 0.6 is 11.3 Å². The molecule has 4 nitrogen and oxygen atoms in total. The summed E-state index contributed by atoms with van der Waals surface area (Å²) in [5, 5.41) is 5.89. The Bertz CT molecular complexity index is 662. The predicted octanol–water partition coefficient (Wildman–Crippen LogP) is 3.49. The van der Waals surface area contributed by atoms with Gasteiger partial charge in [-0.15, -0.1) is 11.3 Å². The summed E-state index contributed by atoms with van der Waals surface area (Å²) in [6.07, 6.45) is 2.81. The van der Waals surface area contributed by atoms with E-state index >= 15 is 0 Å². The quantitative estimate of drug-likeness (QED) is 0.845. The molecule has 23 heavy (non-hydrogen) atoms. The van der Waals surface area contributed by atoms with Gasteiger partial charge in [0, 0.05) is 11.4 Å². The molecule has 0 radical (unpaired) electrons. The second-order valence-corrected chi connectivity index (χ2v) is 7.15. The highest BCUT2D eigenvalue weighted by Gasteiger charge is 2.28. The number of hydrogen-bond acceptors (Lipinski definition) is 4. The molecule has 0 aliphatic heterocycles. The summed E-state index contributed by atoms with van der Waals surface area (Å²) in [4.78, 5) is 16.5. The van der Waals surface area contributed by atoms with Gasteiger partial charge in [-0.05, 0) is 44.7 Å². The minimum Gasteiger partial charge on any atom is -0.486 e. The molecule has 1 heterocycles. The number of nitrogens with one attached hydrogen (secondary N) is 1. The first kappa shape index (κ1) is 16.0. The number of thiazole rings is 1. The lowest BCUT2D eigenvalue weighted by Crippen LogP contribution is -2.35. The van der Waals surface area contributed by atoms with Crippen molar-refractivity contribution in [3.05, 3.63) is 45.9 Å². The zero-order valence-corrected chi connectivity index (χ0v) is 14.4. The molecule has 5 heteroatoms. The van der Waals surface area contributed by atoms with Crippen molar-refractivity contribution in [1.29, 1.82) is 0 Å². The lowest BCUT2D eigenvalue weighted by Gasteiger charge is -2.11. The summed E-state index contributed by atoms with van der Waals surface area (Å²) in [6.45, 7) is 4.57. The van der Waals surface area contributed by atoms with E-state index in [2.05, 4.69) is 17.2 Å². The van der Waals surface area contributed by atoms with Gasteiger partial charge in [0.1, 0.15) is 17.4 Å². The molecule has 0 saturated heterocycles. The van der Waals surface area contributed by atoms with Crippen molar-refractivity contribution >= 4 is 17.2 Å². The van der Waals surface area contributed by atoms with Crippen LogP contribution in [-0.2, 0) is 17.8 Å². The molecule has 2 aromatic rings. The third kappa shape index (κ3) is 4.79. The molecule has 1 aromatic carbocycles. The zero-order valence-electron chi connectivity index (χ0n) is 13.5. The number of carbonyl (C=O) groups is 1. The van der Waals surface area contributed by atoms with E-state index in [9.17, 15) is 4.79 Å². The minimum atomic E-state index is 0.0562. The van der Waals surface area contributed by atoms with E-state index in [0.29, 0.717) is 18.9 Å². The Kier molecular flexibility index (Phi) is 4.96. The molecule has 122 valence electrons. The Morgan fingerprint density at radius 3 is 2.83 bits per heavy atom. The summed E-state index contributed by atoms with van der Waals surface area (Å²) in [5.41, 5.74) is 2.03. The first-order valence-corrected chi connectivity index (χ1v) is 8.90. The number of ether oxygens (including phenoxy) is 1. The number of carbonyl (C=O) groups excluding carboxylic acids is 1. The highest BCUT2D eigenvalue weighted by Crippen LogP contribution is 2.32. The van der Waals surface area contributed by atoms with Crippen LogP contribution in [0.25, 0.3) is 0 Å². The SMILES string of the molecule is Cc1ccc(OCc2nc(CC(=O)NC(C)C3CC3)cs2)cc1. The van der Waals surface area contributed by atoms with Crippen molar-refractivity contribution in [2.24, 2.45) is 5.92 Å². The van der Waals surface area contributed by atoms with E-state index in [0.717, 1.165) is 16.5 Å². The number of benzene rings is 1. The van der Waals surface area contributed by atoms with Crippen LogP contribution in [0.3, 0.4) is 0 Å². The maximum atomic E-state index is 12.0. The van der Waals surface area contributed by atoms with E-state index in [4.69, 9.17) is 4.74 Å². The van der Waals surface area contributed by atoms with Crippen LogP contribution in [0.4, 0.5) is 0 Å². The fourth-order valence-electron chi connectivity index (χ4n) is 2.46. The first-order valence-electron chi connectivity index (χ1n) is 8.02. The smallest absolute Gasteiger partial charge is 0.226 e. The highest BCUT2D eigenvalue weighted by molar-refractivity contribution is 7.09. The topological polar surface area (TPSA) is 51.2 Å². The highest BCUT2D eigenvalue weighted by atomic mass is 32.1. The summed E-state index contributed by atoms with van der Waals surface area (Å²) < 4.78 is 5.72. The lowest BCUT2D eigenvalue weighted by atomic mass is 10.2. The number of amides is 1. The van der Waals surface area contributed by atoms with Gasteiger partial charge in [0.15, 0.2) is 0 Å². The van der Waals surface area contributed by atoms with Crippen LogP contribution in [0.15, 0.2) is 29.6 Å². The molecule has 0 bridgehead atoms. The van der Waals surface area contributed by atoms with Gasteiger partial charge in [-0.3, -0.25) is 4.79 Å². The van der Waals surface area contributed by atoms with E-state index in [1.807, 2.05) is 36.6 Å². The van der Waals surface area contributed by atoms with E-state index in [-0.39, 0.29) is 11.9 Å². The van der Waals surface area contributed by atoms with Crippen LogP contribution < -0.4 is 10.1 Å². The first-order chi connectivity index (χ1) is 11.1. The van der Waals surface area contributed by atoms with Gasteiger partial charge < -0.3 is 10.1 Å². The van der Waals surface area contributed by atoms with Crippen LogP contribution in [-0.4, -0.2) is 16.9 Å². The average Bonchev–Trinajstić information content (AvgIpc) is 3.28. The number of aryl methyl sites for hydroxylation is 1. The Morgan fingerprint density at radius 1 is 1.39 bits per heavy atom. The van der Waals surface area contributed by atoms with Gasteiger partial charge in [-0.1, -0.05) is 17.7 Å². The predicted molar refractivity (Wildman–Crippen MR) is 91.7 cm³/mol. The minimum absolute atomic E-state index is 0.0562. The number of hydrogen-bond donors (Lipinski definition) is 1. The fraction of sp³-hybridized carbons (Fsp3) is 0.444. The molecule has 1 unspecified atom stereocenters. The Morgan fingerprint density at radius 2 is 2.13 bits per heavy atom. The van der Waals surface area contributed by atoms with E-state index in [1.165, 1.54) is 29.7 Å². The standard InChI is InChI=1S/C18H22N2O2S/c1-12-3-7-16(8-4-12)22-10-18-20-15(11-23-18)9-17(21)19-13(2)14-5-6-14/h3-4,7-8,11,13-14H,5-6,9-10H2,1-2H3,(H,19,21). The number of rotatable bonds is 7. The van der Waals surface area contributed by atoms with Gasteiger partial charge >= 0.3 is 0 Å². The van der Waals surface area contributed by atoms with Crippen LogP contribution in [0.5, 0.6) is 5.75 Å². The van der Waals surface area contributed by atoms with Gasteiger partial charge in [0.25, 0.3) is 0 Å². The van der Waals surface area contributed by atoms with Crippen molar-refractivity contribution in [3.8, 4) is 5.75 Å². The Hall–Kier alpha value is -1.88. The average molecular weight is 330 g/mol. The second-order valence-electron chi connectivity index (χ2n) is 6.20. The molecule has 1 N–H and O–H groups in total. The Labute approximate surface area is 140 Å². The van der Waals surface area contributed by atoms with Crippen LogP contribution in [0, 0.1) is 12.8 Å². The molecular formula is C18H22N2O2S. The van der Waals surface area contributed by atoms with E-state index < -0.39 is 0 Å². The number of aromatic nitrogens is 1. The normalized spacial score (nSPS) is 15.2. The van der Waals surface area contributed by atoms with E-state index in [1.54, 1.807) is 0 Å². The molecule has 1 saturated carbocycles. The van der Waals surface area contributed by atoms with Gasteiger partial charge in [-0.2, -0.15) is 0 Å². The van der Waals surface area contributed by atoms with Crippen molar-refractivity contribution in [2.45, 2.75) is 45.8 Å². The van der Waals surface area contributed by atoms with Crippen LogP contribution in [0.1, 0.15) is 36.0 Å².